The molecule has 3 rings (SSSR count). The summed E-state index contributed by atoms with van der Waals surface area (Å²) in [5, 5.41) is 5.32. The Morgan fingerprint density at radius 2 is 1.96 bits per heavy atom. The fraction of sp³-hybridized carbons (Fsp3) is 0.333. The number of aromatic amines is 1. The van der Waals surface area contributed by atoms with E-state index in [1.54, 1.807) is 12.4 Å². The van der Waals surface area contributed by atoms with E-state index in [0.29, 0.717) is 35.5 Å². The van der Waals surface area contributed by atoms with Crippen LogP contribution in [0.2, 0.25) is 0 Å². The zero-order chi connectivity index (χ0) is 20.3. The standard InChI is InChI=1S/C21H25N5O2/c1-5-23-20(28)26-19-24-16-10-14(13-7-6-8-22-12-13)9-15(18(16)25-19)17(27)11-21(2,3)4/h6-10,12H,5,11H2,1-4H3,(H3,23,24,25,26,28). The molecule has 0 radical (unpaired) electrons. The summed E-state index contributed by atoms with van der Waals surface area (Å²) in [6.45, 7) is 8.42. The maximum Gasteiger partial charge on any atom is 0.321 e. The molecule has 0 aliphatic rings. The van der Waals surface area contributed by atoms with Crippen molar-refractivity contribution in [3.8, 4) is 11.1 Å². The smallest absolute Gasteiger partial charge is 0.321 e. The predicted octanol–water partition coefficient (Wildman–Crippen LogP) is 4.39. The van der Waals surface area contributed by atoms with Gasteiger partial charge in [-0.25, -0.2) is 9.78 Å². The number of nitrogens with one attached hydrogen (secondary N) is 3. The second-order valence-electron chi connectivity index (χ2n) is 7.89. The Kier molecular flexibility index (Phi) is 5.44. The summed E-state index contributed by atoms with van der Waals surface area (Å²) in [7, 11) is 0. The summed E-state index contributed by atoms with van der Waals surface area (Å²) in [6, 6.07) is 7.21. The van der Waals surface area contributed by atoms with Gasteiger partial charge in [0.2, 0.25) is 5.95 Å². The second kappa shape index (κ2) is 7.80. The number of hydrogen-bond acceptors (Lipinski definition) is 4. The van der Waals surface area contributed by atoms with Crippen LogP contribution < -0.4 is 10.6 Å². The molecular formula is C21H25N5O2. The lowest BCUT2D eigenvalue weighted by Crippen LogP contribution is -2.28. The molecule has 3 N–H and O–H groups in total. The van der Waals surface area contributed by atoms with Gasteiger partial charge in [0.1, 0.15) is 5.52 Å². The molecule has 2 aromatic heterocycles. The third-order valence-electron chi connectivity index (χ3n) is 4.14. The zero-order valence-corrected chi connectivity index (χ0v) is 16.6. The highest BCUT2D eigenvalue weighted by atomic mass is 16.2. The van der Waals surface area contributed by atoms with Crippen LogP contribution in [0.25, 0.3) is 22.2 Å². The highest BCUT2D eigenvalue weighted by Crippen LogP contribution is 2.30. The van der Waals surface area contributed by atoms with E-state index in [4.69, 9.17) is 0 Å². The number of nitrogens with zero attached hydrogens (tertiary/aromatic N) is 2. The minimum absolute atomic E-state index is 0.0132. The topological polar surface area (TPSA) is 99.8 Å². The number of hydrogen-bond donors (Lipinski definition) is 3. The molecule has 2 heterocycles. The molecule has 0 fully saturated rings. The number of carbonyl (C=O) groups excluding carboxylic acids is 2. The van der Waals surface area contributed by atoms with Crippen molar-refractivity contribution >= 4 is 28.8 Å². The van der Waals surface area contributed by atoms with Gasteiger partial charge in [0.05, 0.1) is 5.52 Å². The van der Waals surface area contributed by atoms with Crippen LogP contribution in [0.3, 0.4) is 0 Å². The number of pyridine rings is 1. The lowest BCUT2D eigenvalue weighted by molar-refractivity contribution is 0.0941. The van der Waals surface area contributed by atoms with Gasteiger partial charge in [-0.2, -0.15) is 0 Å². The van der Waals surface area contributed by atoms with Gasteiger partial charge in [0.15, 0.2) is 5.78 Å². The van der Waals surface area contributed by atoms with E-state index in [1.165, 1.54) is 0 Å². The third kappa shape index (κ3) is 4.54. The Balaban J connectivity index is 2.09. The molecule has 0 unspecified atom stereocenters. The van der Waals surface area contributed by atoms with Gasteiger partial charge < -0.3 is 10.3 Å². The van der Waals surface area contributed by atoms with Crippen LogP contribution in [0.4, 0.5) is 10.7 Å². The fourth-order valence-corrected chi connectivity index (χ4v) is 2.98. The monoisotopic (exact) mass is 379 g/mol. The Morgan fingerprint density at radius 3 is 2.61 bits per heavy atom. The number of aromatic nitrogens is 3. The number of urea groups is 1. The molecule has 146 valence electrons. The van der Waals surface area contributed by atoms with Crippen LogP contribution in [-0.4, -0.2) is 33.3 Å². The number of imidazole rings is 1. The summed E-state index contributed by atoms with van der Waals surface area (Å²) < 4.78 is 0. The van der Waals surface area contributed by atoms with Crippen molar-refractivity contribution in [2.75, 3.05) is 11.9 Å². The van der Waals surface area contributed by atoms with Crippen LogP contribution in [0.15, 0.2) is 36.7 Å². The highest BCUT2D eigenvalue weighted by molar-refractivity contribution is 6.08. The Labute approximate surface area is 164 Å². The summed E-state index contributed by atoms with van der Waals surface area (Å²) in [5.74, 6) is 0.313. The maximum absolute atomic E-state index is 13.0. The molecule has 0 saturated heterocycles. The van der Waals surface area contributed by atoms with Crippen LogP contribution >= 0.6 is 0 Å². The molecule has 7 heteroatoms. The molecule has 28 heavy (non-hydrogen) atoms. The van der Waals surface area contributed by atoms with Crippen molar-refractivity contribution in [3.63, 3.8) is 0 Å². The van der Waals surface area contributed by atoms with Crippen molar-refractivity contribution in [1.29, 1.82) is 0 Å². The molecule has 0 bridgehead atoms. The van der Waals surface area contributed by atoms with Gasteiger partial charge >= 0.3 is 6.03 Å². The van der Waals surface area contributed by atoms with E-state index in [-0.39, 0.29) is 17.2 Å². The Bertz CT molecular complexity index is 1000. The molecule has 0 aliphatic heterocycles. The predicted molar refractivity (Wildman–Crippen MR) is 110 cm³/mol. The first-order chi connectivity index (χ1) is 13.3. The summed E-state index contributed by atoms with van der Waals surface area (Å²) in [5.41, 5.74) is 3.39. The summed E-state index contributed by atoms with van der Waals surface area (Å²) in [4.78, 5) is 36.6. The number of ketones is 1. The number of benzene rings is 1. The van der Waals surface area contributed by atoms with Gasteiger partial charge in [-0.05, 0) is 36.1 Å². The van der Waals surface area contributed by atoms with Crippen molar-refractivity contribution in [2.24, 2.45) is 5.41 Å². The number of Topliss-reactive ketones (excluding diaryl/α,β-unsaturated/α-hetero) is 1. The third-order valence-corrected chi connectivity index (χ3v) is 4.14. The number of rotatable bonds is 5. The van der Waals surface area contributed by atoms with Crippen LogP contribution in [0.1, 0.15) is 44.5 Å². The summed E-state index contributed by atoms with van der Waals surface area (Å²) >= 11 is 0. The molecular weight excluding hydrogens is 354 g/mol. The van der Waals surface area contributed by atoms with Gasteiger partial charge in [-0.15, -0.1) is 0 Å². The first kappa shape index (κ1) is 19.5. The van der Waals surface area contributed by atoms with Crippen molar-refractivity contribution in [2.45, 2.75) is 34.1 Å². The van der Waals surface area contributed by atoms with Gasteiger partial charge in [0, 0.05) is 36.5 Å². The molecule has 3 aromatic rings. The Hall–Kier alpha value is -3.22. The second-order valence-corrected chi connectivity index (χ2v) is 7.89. The van der Waals surface area contributed by atoms with E-state index in [2.05, 4.69) is 25.6 Å². The summed E-state index contributed by atoms with van der Waals surface area (Å²) in [6.07, 6.45) is 3.85. The van der Waals surface area contributed by atoms with Crippen molar-refractivity contribution in [3.05, 3.63) is 42.2 Å². The number of carbonyl (C=O) groups is 2. The first-order valence-electron chi connectivity index (χ1n) is 9.29. The van der Waals surface area contributed by atoms with Gasteiger partial charge in [-0.1, -0.05) is 26.8 Å². The molecule has 0 saturated carbocycles. The minimum Gasteiger partial charge on any atom is -0.338 e. The van der Waals surface area contributed by atoms with Crippen LogP contribution in [-0.2, 0) is 0 Å². The molecule has 1 aromatic carbocycles. The minimum atomic E-state index is -0.350. The molecule has 0 spiro atoms. The van der Waals surface area contributed by atoms with E-state index in [9.17, 15) is 9.59 Å². The SMILES string of the molecule is CCNC(=O)Nc1nc2c(C(=O)CC(C)(C)C)cc(-c3cccnc3)cc2[nH]1. The van der Waals surface area contributed by atoms with Crippen LogP contribution in [0, 0.1) is 5.41 Å². The van der Waals surface area contributed by atoms with E-state index in [0.717, 1.165) is 11.1 Å². The van der Waals surface area contributed by atoms with E-state index < -0.39 is 0 Å². The number of fused-ring (bicyclic) bond motifs is 1. The first-order valence-corrected chi connectivity index (χ1v) is 9.29. The molecule has 7 nitrogen and oxygen atoms in total. The molecule has 0 atom stereocenters. The average Bonchev–Trinajstić information content (AvgIpc) is 3.02. The fourth-order valence-electron chi connectivity index (χ4n) is 2.98. The lowest BCUT2D eigenvalue weighted by Gasteiger charge is -2.17. The molecule has 0 aliphatic carbocycles. The van der Waals surface area contributed by atoms with E-state index >= 15 is 0 Å². The van der Waals surface area contributed by atoms with E-state index in [1.807, 2.05) is 52.0 Å². The van der Waals surface area contributed by atoms with Gasteiger partial charge in [-0.3, -0.25) is 15.1 Å². The zero-order valence-electron chi connectivity index (χ0n) is 16.6. The number of amides is 2. The Morgan fingerprint density at radius 1 is 1.18 bits per heavy atom. The quantitative estimate of drug-likeness (QED) is 0.573. The van der Waals surface area contributed by atoms with Crippen LogP contribution in [0.5, 0.6) is 0 Å². The van der Waals surface area contributed by atoms with Gasteiger partial charge in [0.25, 0.3) is 0 Å². The average molecular weight is 379 g/mol. The van der Waals surface area contributed by atoms with Crippen molar-refractivity contribution < 1.29 is 9.59 Å². The normalized spacial score (nSPS) is 11.4. The molecule has 2 amide bonds. The number of H-pyrrole nitrogens is 1. The number of anilines is 1. The largest absolute Gasteiger partial charge is 0.338 e. The highest BCUT2D eigenvalue weighted by Gasteiger charge is 2.22. The van der Waals surface area contributed by atoms with Crippen molar-refractivity contribution in [1.82, 2.24) is 20.3 Å². The maximum atomic E-state index is 13.0. The lowest BCUT2D eigenvalue weighted by atomic mass is 9.87.